The molecule has 18 heavy (non-hydrogen) atoms. The average Bonchev–Trinajstić information content (AvgIpc) is 2.28. The first-order valence-electron chi connectivity index (χ1n) is 4.94. The summed E-state index contributed by atoms with van der Waals surface area (Å²) in [6, 6.07) is 0. The van der Waals surface area contributed by atoms with Crippen molar-refractivity contribution in [1.29, 1.82) is 0 Å². The van der Waals surface area contributed by atoms with Crippen molar-refractivity contribution in [2.45, 2.75) is 0 Å². The first-order valence-corrected chi connectivity index (χ1v) is 6.52. The van der Waals surface area contributed by atoms with E-state index in [-0.39, 0.29) is 35.5 Å². The largest absolute Gasteiger partial charge is 1.00 e. The van der Waals surface area contributed by atoms with E-state index in [4.69, 9.17) is 4.74 Å². The van der Waals surface area contributed by atoms with Gasteiger partial charge < -0.3 is 14.2 Å². The first kappa shape index (κ1) is 20.1. The van der Waals surface area contributed by atoms with Crippen LogP contribution in [0.4, 0.5) is 0 Å². The Labute approximate surface area is 130 Å². The number of carbonyl (C=O) groups is 1. The molecule has 0 aliphatic carbocycles. The summed E-state index contributed by atoms with van der Waals surface area (Å²) >= 11 is 0. The van der Waals surface area contributed by atoms with Crippen molar-refractivity contribution in [1.82, 2.24) is 4.90 Å². The van der Waals surface area contributed by atoms with Gasteiger partial charge in [-0.1, -0.05) is 12.7 Å². The molecule has 1 aliphatic heterocycles. The number of hydrogen-bond donors (Lipinski definition) is 0. The summed E-state index contributed by atoms with van der Waals surface area (Å²) in [4.78, 5) is 12.7. The number of morpholine rings is 1. The van der Waals surface area contributed by atoms with Crippen LogP contribution in [-0.2, 0) is 19.6 Å². The van der Waals surface area contributed by atoms with Gasteiger partial charge in [-0.2, -0.15) is 0 Å². The van der Waals surface area contributed by atoms with Crippen molar-refractivity contribution < 1.29 is 52.1 Å². The molecule has 0 bridgehead atoms. The zero-order valence-electron chi connectivity index (χ0n) is 10.5. The molecule has 0 unspecified atom stereocenters. The fraction of sp³-hybridized carbons (Fsp3) is 0.500. The van der Waals surface area contributed by atoms with Crippen LogP contribution in [0.5, 0.6) is 0 Å². The van der Waals surface area contributed by atoms with Crippen molar-refractivity contribution in [2.24, 2.45) is 0 Å². The van der Waals surface area contributed by atoms with Gasteiger partial charge in [0.05, 0.1) is 29.1 Å². The molecule has 0 N–H and O–H groups in total. The minimum absolute atomic E-state index is 0. The Balaban J connectivity index is 0. The van der Waals surface area contributed by atoms with Crippen LogP contribution in [0.3, 0.4) is 0 Å². The normalized spacial score (nSPS) is 14.6. The molecule has 0 aromatic heterocycles. The van der Waals surface area contributed by atoms with Crippen LogP contribution >= 0.6 is 0 Å². The molecule has 0 spiro atoms. The molecule has 1 fully saturated rings. The molecule has 0 radical (unpaired) electrons. The molecule has 1 saturated heterocycles. The van der Waals surface area contributed by atoms with Crippen molar-refractivity contribution in [3.63, 3.8) is 0 Å². The second kappa shape index (κ2) is 10.7. The summed E-state index contributed by atoms with van der Waals surface area (Å²) in [5, 5.41) is 0. The van der Waals surface area contributed by atoms with Crippen LogP contribution in [-0.4, -0.2) is 55.8 Å². The maximum atomic E-state index is 10.9. The van der Waals surface area contributed by atoms with E-state index in [2.05, 4.69) is 13.2 Å². The van der Waals surface area contributed by atoms with E-state index >= 15 is 0 Å². The Hall–Kier alpha value is -0.180. The molecule has 8 heteroatoms. The monoisotopic (exact) mass is 285 g/mol. The van der Waals surface area contributed by atoms with Crippen LogP contribution in [0.1, 0.15) is 0 Å². The molecular weight excluding hydrogens is 269 g/mol. The van der Waals surface area contributed by atoms with E-state index in [9.17, 15) is 17.8 Å². The smallest absolute Gasteiger partial charge is 0.748 e. The fourth-order valence-corrected chi connectivity index (χ4v) is 1.35. The van der Waals surface area contributed by atoms with Crippen LogP contribution < -0.4 is 29.6 Å². The van der Waals surface area contributed by atoms with Crippen LogP contribution in [0.15, 0.2) is 25.3 Å². The standard InChI is InChI=1S/C7H11NO2.C3H6O3S.Na/c1-2-7(9)8-3-5-10-6-4-8;1-2-3-7(4,5)6;/h2H,1,3-6H2;2H,1,3H2,(H,4,5,6);/q;;+1/p-1. The van der Waals surface area contributed by atoms with Gasteiger partial charge in [-0.05, 0) is 6.08 Å². The van der Waals surface area contributed by atoms with E-state index in [0.29, 0.717) is 26.3 Å². The molecule has 1 aliphatic rings. The number of amides is 1. The second-order valence-electron chi connectivity index (χ2n) is 3.15. The van der Waals surface area contributed by atoms with Crippen LogP contribution in [0, 0.1) is 0 Å². The Morgan fingerprint density at radius 3 is 2.11 bits per heavy atom. The molecule has 1 amide bonds. The Morgan fingerprint density at radius 1 is 1.33 bits per heavy atom. The predicted molar refractivity (Wildman–Crippen MR) is 62.4 cm³/mol. The number of carbonyl (C=O) groups excluding carboxylic acids is 1. The zero-order valence-corrected chi connectivity index (χ0v) is 13.3. The molecule has 0 aromatic carbocycles. The first-order chi connectivity index (χ1) is 7.90. The topological polar surface area (TPSA) is 86.7 Å². The number of ether oxygens (including phenoxy) is 1. The van der Waals surface area contributed by atoms with Crippen LogP contribution in [0.2, 0.25) is 0 Å². The maximum Gasteiger partial charge on any atom is 1.00 e. The Morgan fingerprint density at radius 2 is 1.83 bits per heavy atom. The minimum Gasteiger partial charge on any atom is -0.748 e. The van der Waals surface area contributed by atoms with E-state index in [1.54, 1.807) is 4.90 Å². The van der Waals surface area contributed by atoms with Crippen molar-refractivity contribution >= 4 is 16.0 Å². The molecular formula is C10H16NNaO5S. The molecule has 98 valence electrons. The SMILES string of the molecule is C=CC(=O)N1CCOCC1.C=CCS(=O)(=O)[O-].[Na+]. The quantitative estimate of drug-likeness (QED) is 0.235. The molecule has 0 aromatic rings. The van der Waals surface area contributed by atoms with Gasteiger partial charge in [-0.3, -0.25) is 4.79 Å². The summed E-state index contributed by atoms with van der Waals surface area (Å²) < 4.78 is 33.9. The Bertz CT molecular complexity index is 362. The van der Waals surface area contributed by atoms with E-state index in [1.807, 2.05) is 0 Å². The fourth-order valence-electron chi connectivity index (χ4n) is 1.06. The Kier molecular flexibility index (Phi) is 12.0. The van der Waals surface area contributed by atoms with Crippen molar-refractivity contribution in [2.75, 3.05) is 32.1 Å². The van der Waals surface area contributed by atoms with Gasteiger partial charge in [-0.25, -0.2) is 8.42 Å². The van der Waals surface area contributed by atoms with E-state index < -0.39 is 15.9 Å². The van der Waals surface area contributed by atoms with E-state index in [0.717, 1.165) is 6.08 Å². The van der Waals surface area contributed by atoms with Gasteiger partial charge >= 0.3 is 29.6 Å². The number of rotatable bonds is 3. The van der Waals surface area contributed by atoms with Crippen molar-refractivity contribution in [3.8, 4) is 0 Å². The van der Waals surface area contributed by atoms with Crippen LogP contribution in [0.25, 0.3) is 0 Å². The van der Waals surface area contributed by atoms with Gasteiger partial charge in [0.25, 0.3) is 0 Å². The molecule has 6 nitrogen and oxygen atoms in total. The molecule has 1 heterocycles. The zero-order chi connectivity index (χ0) is 13.3. The van der Waals surface area contributed by atoms with Gasteiger partial charge in [0.2, 0.25) is 5.91 Å². The number of hydrogen-bond acceptors (Lipinski definition) is 5. The summed E-state index contributed by atoms with van der Waals surface area (Å²) in [5.74, 6) is -0.476. The third kappa shape index (κ3) is 10.9. The van der Waals surface area contributed by atoms with Gasteiger partial charge in [0, 0.05) is 13.1 Å². The summed E-state index contributed by atoms with van der Waals surface area (Å²) in [6.07, 6.45) is 2.40. The van der Waals surface area contributed by atoms with E-state index in [1.165, 1.54) is 6.08 Å². The molecule has 0 atom stereocenters. The van der Waals surface area contributed by atoms with Gasteiger partial charge in [-0.15, -0.1) is 6.58 Å². The maximum absolute atomic E-state index is 10.9. The molecule has 1 rings (SSSR count). The predicted octanol–water partition coefficient (Wildman–Crippen LogP) is -3.25. The summed E-state index contributed by atoms with van der Waals surface area (Å²) in [6.45, 7) is 9.17. The third-order valence-electron chi connectivity index (χ3n) is 1.82. The van der Waals surface area contributed by atoms with Gasteiger partial charge in [0.15, 0.2) is 0 Å². The third-order valence-corrected chi connectivity index (χ3v) is 2.46. The average molecular weight is 285 g/mol. The molecule has 0 saturated carbocycles. The minimum atomic E-state index is -4.04. The summed E-state index contributed by atoms with van der Waals surface area (Å²) in [7, 11) is -4.04. The van der Waals surface area contributed by atoms with Crippen molar-refractivity contribution in [3.05, 3.63) is 25.3 Å². The second-order valence-corrected chi connectivity index (χ2v) is 4.60. The summed E-state index contributed by atoms with van der Waals surface area (Å²) in [5.41, 5.74) is 0. The van der Waals surface area contributed by atoms with Gasteiger partial charge in [0.1, 0.15) is 0 Å². The number of nitrogens with zero attached hydrogens (tertiary/aromatic N) is 1.